The first-order valence-corrected chi connectivity index (χ1v) is 9.91. The summed E-state index contributed by atoms with van der Waals surface area (Å²) in [6.45, 7) is 4.16. The number of fused-ring (bicyclic) bond motifs is 2. The lowest BCUT2D eigenvalue weighted by molar-refractivity contribution is -0.0891. The number of urea groups is 1. The Bertz CT molecular complexity index is 809. The van der Waals surface area contributed by atoms with Crippen molar-refractivity contribution in [2.75, 3.05) is 32.1 Å². The average molecular weight is 372 g/mol. The van der Waals surface area contributed by atoms with Gasteiger partial charge in [0.1, 0.15) is 11.4 Å². The lowest BCUT2D eigenvalue weighted by Crippen LogP contribution is -2.49. The first-order chi connectivity index (χ1) is 12.6. The largest absolute Gasteiger partial charge is 0.497 e. The van der Waals surface area contributed by atoms with Gasteiger partial charge in [-0.25, -0.2) is 4.79 Å². The number of piperidine rings is 1. The van der Waals surface area contributed by atoms with Crippen LogP contribution in [0.1, 0.15) is 28.8 Å². The van der Waals surface area contributed by atoms with Gasteiger partial charge in [0, 0.05) is 23.7 Å². The maximum atomic E-state index is 12.7. The molecule has 1 aromatic carbocycles. The minimum absolute atomic E-state index is 0.0460. The molecule has 1 aromatic heterocycles. The molecule has 0 atom stereocenters. The summed E-state index contributed by atoms with van der Waals surface area (Å²) in [6, 6.07) is 7.85. The van der Waals surface area contributed by atoms with Crippen molar-refractivity contribution in [2.45, 2.75) is 31.8 Å². The smallest absolute Gasteiger partial charge is 0.321 e. The predicted octanol–water partition coefficient (Wildman–Crippen LogP) is 4.16. The number of anilines is 1. The normalized spacial score (nSPS) is 18.5. The zero-order valence-corrected chi connectivity index (χ0v) is 16.0. The Kier molecular flexibility index (Phi) is 4.63. The molecule has 0 unspecified atom stereocenters. The minimum Gasteiger partial charge on any atom is -0.497 e. The number of rotatable bonds is 2. The molecule has 1 fully saturated rings. The van der Waals surface area contributed by atoms with Crippen LogP contribution in [0.25, 0.3) is 0 Å². The molecule has 26 heavy (non-hydrogen) atoms. The Balaban J connectivity index is 1.42. The summed E-state index contributed by atoms with van der Waals surface area (Å²) in [5.74, 6) is 0.793. The number of amides is 2. The standard InChI is InChI=1S/C20H24N2O3S/c1-14-13-16(24-2)3-4-17(14)21-19(23)22-9-7-20(8-10-22)18-15(5-11-25-20)6-12-26-18/h3-4,6,12-13H,5,7-11H2,1-2H3,(H,21,23). The molecular weight excluding hydrogens is 348 g/mol. The number of thiophene rings is 1. The Hall–Kier alpha value is -2.05. The van der Waals surface area contributed by atoms with Crippen LogP contribution in [0.3, 0.4) is 0 Å². The van der Waals surface area contributed by atoms with Gasteiger partial charge < -0.3 is 19.7 Å². The third kappa shape index (κ3) is 3.08. The number of carbonyl (C=O) groups is 1. The van der Waals surface area contributed by atoms with E-state index in [9.17, 15) is 4.79 Å². The van der Waals surface area contributed by atoms with Crippen molar-refractivity contribution in [3.05, 3.63) is 45.6 Å². The van der Waals surface area contributed by atoms with E-state index in [1.165, 1.54) is 10.4 Å². The molecule has 1 spiro atoms. The number of hydrogen-bond donors (Lipinski definition) is 1. The molecule has 0 radical (unpaired) electrons. The number of ether oxygens (including phenoxy) is 2. The molecule has 2 amide bonds. The Morgan fingerprint density at radius 1 is 1.31 bits per heavy atom. The molecule has 2 aliphatic heterocycles. The quantitative estimate of drug-likeness (QED) is 0.861. The number of nitrogens with one attached hydrogen (secondary N) is 1. The van der Waals surface area contributed by atoms with E-state index in [0.717, 1.165) is 42.9 Å². The summed E-state index contributed by atoms with van der Waals surface area (Å²) in [5, 5.41) is 5.19. The van der Waals surface area contributed by atoms with Crippen LogP contribution in [0.4, 0.5) is 10.5 Å². The van der Waals surface area contributed by atoms with Crippen molar-refractivity contribution in [3.63, 3.8) is 0 Å². The van der Waals surface area contributed by atoms with E-state index < -0.39 is 0 Å². The second-order valence-corrected chi connectivity index (χ2v) is 7.88. The first kappa shape index (κ1) is 17.4. The van der Waals surface area contributed by atoms with Crippen molar-refractivity contribution >= 4 is 23.1 Å². The number of carbonyl (C=O) groups excluding carboxylic acids is 1. The first-order valence-electron chi connectivity index (χ1n) is 9.03. The van der Waals surface area contributed by atoms with E-state index in [1.807, 2.05) is 30.0 Å². The second-order valence-electron chi connectivity index (χ2n) is 6.97. The SMILES string of the molecule is COc1ccc(NC(=O)N2CCC3(CC2)OCCc2ccsc23)c(C)c1. The fourth-order valence-corrected chi connectivity index (χ4v) is 5.06. The van der Waals surface area contributed by atoms with Crippen LogP contribution in [0.5, 0.6) is 5.75 Å². The number of aryl methyl sites for hydroxylation is 1. The van der Waals surface area contributed by atoms with Gasteiger partial charge in [-0.2, -0.15) is 0 Å². The summed E-state index contributed by atoms with van der Waals surface area (Å²) < 4.78 is 11.4. The van der Waals surface area contributed by atoms with E-state index in [2.05, 4.69) is 16.8 Å². The van der Waals surface area contributed by atoms with Gasteiger partial charge in [-0.15, -0.1) is 11.3 Å². The van der Waals surface area contributed by atoms with Crippen molar-refractivity contribution in [2.24, 2.45) is 0 Å². The van der Waals surface area contributed by atoms with E-state index in [0.29, 0.717) is 13.1 Å². The summed E-state index contributed by atoms with van der Waals surface area (Å²) in [6.07, 6.45) is 2.71. The van der Waals surface area contributed by atoms with Crippen molar-refractivity contribution < 1.29 is 14.3 Å². The fraction of sp³-hybridized carbons (Fsp3) is 0.450. The molecule has 2 aliphatic rings. The van der Waals surface area contributed by atoms with Crippen LogP contribution in [-0.2, 0) is 16.8 Å². The zero-order chi connectivity index (χ0) is 18.1. The topological polar surface area (TPSA) is 50.8 Å². The predicted molar refractivity (Wildman–Crippen MR) is 103 cm³/mol. The van der Waals surface area contributed by atoms with E-state index in [-0.39, 0.29) is 11.6 Å². The van der Waals surface area contributed by atoms with Crippen LogP contribution in [0.15, 0.2) is 29.6 Å². The van der Waals surface area contributed by atoms with E-state index in [1.54, 1.807) is 18.4 Å². The van der Waals surface area contributed by atoms with Gasteiger partial charge in [0.2, 0.25) is 0 Å². The zero-order valence-electron chi connectivity index (χ0n) is 15.2. The highest BCUT2D eigenvalue weighted by Gasteiger charge is 2.42. The highest BCUT2D eigenvalue weighted by molar-refractivity contribution is 7.10. The molecule has 138 valence electrons. The van der Waals surface area contributed by atoms with Gasteiger partial charge in [0.15, 0.2) is 0 Å². The average Bonchev–Trinajstić information content (AvgIpc) is 3.14. The Morgan fingerprint density at radius 3 is 2.85 bits per heavy atom. The minimum atomic E-state index is -0.186. The van der Waals surface area contributed by atoms with Crippen LogP contribution in [0, 0.1) is 6.92 Å². The van der Waals surface area contributed by atoms with Gasteiger partial charge in [0.25, 0.3) is 0 Å². The van der Waals surface area contributed by atoms with Crippen molar-refractivity contribution in [1.29, 1.82) is 0 Å². The molecule has 2 aromatic rings. The molecule has 3 heterocycles. The number of nitrogens with zero attached hydrogens (tertiary/aromatic N) is 1. The molecule has 0 bridgehead atoms. The van der Waals surface area contributed by atoms with Crippen LogP contribution in [-0.4, -0.2) is 37.7 Å². The second kappa shape index (κ2) is 6.93. The van der Waals surface area contributed by atoms with Crippen LogP contribution >= 0.6 is 11.3 Å². The molecular formula is C20H24N2O3S. The maximum Gasteiger partial charge on any atom is 0.321 e. The Labute approximate surface area is 157 Å². The maximum absolute atomic E-state index is 12.7. The summed E-state index contributed by atoms with van der Waals surface area (Å²) >= 11 is 1.79. The van der Waals surface area contributed by atoms with Crippen molar-refractivity contribution in [3.8, 4) is 5.75 Å². The molecule has 1 saturated heterocycles. The highest BCUT2D eigenvalue weighted by Crippen LogP contribution is 2.44. The van der Waals surface area contributed by atoms with Crippen molar-refractivity contribution in [1.82, 2.24) is 4.90 Å². The number of likely N-dealkylation sites (tertiary alicyclic amines) is 1. The molecule has 0 aliphatic carbocycles. The van der Waals surface area contributed by atoms with Gasteiger partial charge in [0.05, 0.1) is 13.7 Å². The number of hydrogen-bond acceptors (Lipinski definition) is 4. The third-order valence-electron chi connectivity index (χ3n) is 5.44. The lowest BCUT2D eigenvalue weighted by atomic mass is 9.85. The molecule has 5 nitrogen and oxygen atoms in total. The summed E-state index contributed by atoms with van der Waals surface area (Å²) in [7, 11) is 1.64. The molecule has 0 saturated carbocycles. The fourth-order valence-electron chi connectivity index (χ4n) is 3.89. The van der Waals surface area contributed by atoms with Crippen LogP contribution < -0.4 is 10.1 Å². The van der Waals surface area contributed by atoms with Gasteiger partial charge in [-0.1, -0.05) is 0 Å². The van der Waals surface area contributed by atoms with Gasteiger partial charge in [-0.05, 0) is 67.0 Å². The third-order valence-corrected chi connectivity index (χ3v) is 6.59. The van der Waals surface area contributed by atoms with E-state index in [4.69, 9.17) is 9.47 Å². The number of methoxy groups -OCH3 is 1. The number of benzene rings is 1. The molecule has 4 rings (SSSR count). The van der Waals surface area contributed by atoms with Crippen LogP contribution in [0.2, 0.25) is 0 Å². The lowest BCUT2D eigenvalue weighted by Gasteiger charge is -2.43. The van der Waals surface area contributed by atoms with E-state index >= 15 is 0 Å². The van der Waals surface area contributed by atoms with Gasteiger partial charge >= 0.3 is 6.03 Å². The Morgan fingerprint density at radius 2 is 2.12 bits per heavy atom. The van der Waals surface area contributed by atoms with Gasteiger partial charge in [-0.3, -0.25) is 0 Å². The highest BCUT2D eigenvalue weighted by atomic mass is 32.1. The molecule has 6 heteroatoms. The monoisotopic (exact) mass is 372 g/mol. The summed E-state index contributed by atoms with van der Waals surface area (Å²) in [4.78, 5) is 15.9. The molecule has 1 N–H and O–H groups in total. The summed E-state index contributed by atoms with van der Waals surface area (Å²) in [5.41, 5.74) is 3.05.